The molecular formula is C11H24N2O. The third-order valence-corrected chi connectivity index (χ3v) is 3.19. The van der Waals surface area contributed by atoms with Crippen LogP contribution in [0.5, 0.6) is 0 Å². The van der Waals surface area contributed by atoms with E-state index in [9.17, 15) is 0 Å². The monoisotopic (exact) mass is 200 g/mol. The second kappa shape index (κ2) is 5.10. The summed E-state index contributed by atoms with van der Waals surface area (Å²) < 4.78 is 0. The standard InChI is InChI=1S/C11H24N2O/c1-9(8-14)5-13-6-10(2)11(7-13)12(3)4/h9-11,14H,5-8H2,1-4H3. The fraction of sp³-hybridized carbons (Fsp3) is 1.00. The van der Waals surface area contributed by atoms with Gasteiger partial charge >= 0.3 is 0 Å². The van der Waals surface area contributed by atoms with E-state index in [1.54, 1.807) is 0 Å². The minimum absolute atomic E-state index is 0.303. The summed E-state index contributed by atoms with van der Waals surface area (Å²) in [5.74, 6) is 1.15. The van der Waals surface area contributed by atoms with Crippen molar-refractivity contribution < 1.29 is 5.11 Å². The molecule has 1 aliphatic rings. The molecule has 1 heterocycles. The number of likely N-dealkylation sites (tertiary alicyclic amines) is 1. The van der Waals surface area contributed by atoms with Gasteiger partial charge in [-0.05, 0) is 25.9 Å². The van der Waals surface area contributed by atoms with Crippen LogP contribution in [0, 0.1) is 11.8 Å². The van der Waals surface area contributed by atoms with Crippen LogP contribution < -0.4 is 0 Å². The zero-order valence-corrected chi connectivity index (χ0v) is 9.90. The fourth-order valence-corrected chi connectivity index (χ4v) is 2.37. The molecule has 1 saturated heterocycles. The van der Waals surface area contributed by atoms with Crippen molar-refractivity contribution in [2.45, 2.75) is 19.9 Å². The van der Waals surface area contributed by atoms with Crippen molar-refractivity contribution in [3.8, 4) is 0 Å². The van der Waals surface area contributed by atoms with Crippen molar-refractivity contribution in [2.75, 3.05) is 40.3 Å². The Morgan fingerprint density at radius 3 is 2.50 bits per heavy atom. The van der Waals surface area contributed by atoms with E-state index in [1.165, 1.54) is 6.54 Å². The van der Waals surface area contributed by atoms with E-state index in [2.05, 4.69) is 37.7 Å². The molecule has 3 heteroatoms. The van der Waals surface area contributed by atoms with Crippen LogP contribution in [0.1, 0.15) is 13.8 Å². The summed E-state index contributed by atoms with van der Waals surface area (Å²) in [5.41, 5.74) is 0. The zero-order chi connectivity index (χ0) is 10.7. The van der Waals surface area contributed by atoms with Crippen molar-refractivity contribution in [2.24, 2.45) is 11.8 Å². The molecule has 84 valence electrons. The van der Waals surface area contributed by atoms with Crippen LogP contribution in [0.2, 0.25) is 0 Å². The van der Waals surface area contributed by atoms with E-state index in [4.69, 9.17) is 5.11 Å². The predicted octanol–water partition coefficient (Wildman–Crippen LogP) is 0.497. The summed E-state index contributed by atoms with van der Waals surface area (Å²) in [6, 6.07) is 0.681. The van der Waals surface area contributed by atoms with Gasteiger partial charge in [0, 0.05) is 32.3 Å². The van der Waals surface area contributed by atoms with Gasteiger partial charge in [0.05, 0.1) is 0 Å². The molecule has 1 fully saturated rings. The highest BCUT2D eigenvalue weighted by Gasteiger charge is 2.31. The average Bonchev–Trinajstić information content (AvgIpc) is 2.46. The number of nitrogens with zero attached hydrogens (tertiary/aromatic N) is 2. The maximum Gasteiger partial charge on any atom is 0.0468 e. The lowest BCUT2D eigenvalue weighted by atomic mass is 10.1. The molecule has 1 rings (SSSR count). The van der Waals surface area contributed by atoms with Gasteiger partial charge in [-0.25, -0.2) is 0 Å². The summed E-state index contributed by atoms with van der Waals surface area (Å²) in [6.07, 6.45) is 0. The summed E-state index contributed by atoms with van der Waals surface area (Å²) in [6.45, 7) is 8.08. The van der Waals surface area contributed by atoms with Crippen molar-refractivity contribution in [1.82, 2.24) is 9.80 Å². The Balaban J connectivity index is 2.38. The van der Waals surface area contributed by atoms with Crippen LogP contribution in [0.4, 0.5) is 0 Å². The average molecular weight is 200 g/mol. The van der Waals surface area contributed by atoms with E-state index in [-0.39, 0.29) is 0 Å². The van der Waals surface area contributed by atoms with Gasteiger partial charge in [0.2, 0.25) is 0 Å². The molecule has 0 spiro atoms. The highest BCUT2D eigenvalue weighted by molar-refractivity contribution is 4.86. The Morgan fingerprint density at radius 1 is 1.43 bits per heavy atom. The lowest BCUT2D eigenvalue weighted by molar-refractivity contribution is 0.183. The van der Waals surface area contributed by atoms with Gasteiger partial charge in [-0.15, -0.1) is 0 Å². The topological polar surface area (TPSA) is 26.7 Å². The van der Waals surface area contributed by atoms with Crippen LogP contribution in [0.15, 0.2) is 0 Å². The highest BCUT2D eigenvalue weighted by atomic mass is 16.3. The van der Waals surface area contributed by atoms with Crippen molar-refractivity contribution >= 4 is 0 Å². The SMILES string of the molecule is CC(CO)CN1CC(C)C(N(C)C)C1. The summed E-state index contributed by atoms with van der Waals surface area (Å²) in [7, 11) is 4.31. The molecule has 0 saturated carbocycles. The van der Waals surface area contributed by atoms with E-state index in [0.29, 0.717) is 18.6 Å². The Labute approximate surface area is 87.7 Å². The minimum Gasteiger partial charge on any atom is -0.396 e. The van der Waals surface area contributed by atoms with E-state index in [1.807, 2.05) is 0 Å². The fourth-order valence-electron chi connectivity index (χ4n) is 2.37. The third-order valence-electron chi connectivity index (χ3n) is 3.19. The first-order valence-electron chi connectivity index (χ1n) is 5.54. The maximum atomic E-state index is 9.00. The molecule has 1 aliphatic heterocycles. The predicted molar refractivity (Wildman–Crippen MR) is 59.3 cm³/mol. The number of aliphatic hydroxyl groups excluding tert-OH is 1. The Kier molecular flexibility index (Phi) is 4.35. The van der Waals surface area contributed by atoms with Crippen LogP contribution >= 0.6 is 0 Å². The van der Waals surface area contributed by atoms with Gasteiger partial charge in [0.15, 0.2) is 0 Å². The van der Waals surface area contributed by atoms with Crippen LogP contribution in [0.3, 0.4) is 0 Å². The first-order valence-corrected chi connectivity index (χ1v) is 5.54. The normalized spacial score (nSPS) is 31.3. The largest absolute Gasteiger partial charge is 0.396 e. The smallest absolute Gasteiger partial charge is 0.0468 e. The Hall–Kier alpha value is -0.120. The Bertz CT molecular complexity index is 173. The van der Waals surface area contributed by atoms with Crippen LogP contribution in [0.25, 0.3) is 0 Å². The van der Waals surface area contributed by atoms with Crippen molar-refractivity contribution in [1.29, 1.82) is 0 Å². The molecule has 0 bridgehead atoms. The van der Waals surface area contributed by atoms with E-state index >= 15 is 0 Å². The molecule has 0 aromatic carbocycles. The van der Waals surface area contributed by atoms with Crippen LogP contribution in [-0.4, -0.2) is 61.3 Å². The van der Waals surface area contributed by atoms with Gasteiger partial charge < -0.3 is 14.9 Å². The van der Waals surface area contributed by atoms with Crippen molar-refractivity contribution in [3.63, 3.8) is 0 Å². The Morgan fingerprint density at radius 2 is 2.07 bits per heavy atom. The lowest BCUT2D eigenvalue weighted by Gasteiger charge is -2.23. The molecular weight excluding hydrogens is 176 g/mol. The van der Waals surface area contributed by atoms with Gasteiger partial charge in [-0.2, -0.15) is 0 Å². The summed E-state index contributed by atoms with van der Waals surface area (Å²) >= 11 is 0. The highest BCUT2D eigenvalue weighted by Crippen LogP contribution is 2.20. The van der Waals surface area contributed by atoms with Gasteiger partial charge in [0.25, 0.3) is 0 Å². The van der Waals surface area contributed by atoms with Gasteiger partial charge in [-0.1, -0.05) is 13.8 Å². The molecule has 14 heavy (non-hydrogen) atoms. The molecule has 0 amide bonds. The molecule has 0 aromatic heterocycles. The summed E-state index contributed by atoms with van der Waals surface area (Å²) in [4.78, 5) is 4.78. The van der Waals surface area contributed by atoms with Gasteiger partial charge in [-0.3, -0.25) is 0 Å². The number of hydrogen-bond acceptors (Lipinski definition) is 3. The molecule has 3 nitrogen and oxygen atoms in total. The second-order valence-electron chi connectivity index (χ2n) is 5.01. The number of rotatable bonds is 4. The maximum absolute atomic E-state index is 9.00. The molecule has 3 unspecified atom stereocenters. The number of hydrogen-bond donors (Lipinski definition) is 1. The molecule has 0 aliphatic carbocycles. The van der Waals surface area contributed by atoms with E-state index in [0.717, 1.165) is 19.0 Å². The third kappa shape index (κ3) is 2.94. The lowest BCUT2D eigenvalue weighted by Crippen LogP contribution is -2.35. The van der Waals surface area contributed by atoms with E-state index < -0.39 is 0 Å². The zero-order valence-electron chi connectivity index (χ0n) is 9.90. The molecule has 0 aromatic rings. The van der Waals surface area contributed by atoms with Crippen molar-refractivity contribution in [3.05, 3.63) is 0 Å². The van der Waals surface area contributed by atoms with Crippen LogP contribution in [-0.2, 0) is 0 Å². The van der Waals surface area contributed by atoms with Gasteiger partial charge in [0.1, 0.15) is 0 Å². The first kappa shape index (κ1) is 12.0. The second-order valence-corrected chi connectivity index (χ2v) is 5.01. The minimum atomic E-state index is 0.303. The summed E-state index contributed by atoms with van der Waals surface area (Å²) in [5, 5.41) is 9.00. The molecule has 3 atom stereocenters. The molecule has 0 radical (unpaired) electrons. The quantitative estimate of drug-likeness (QED) is 0.716. The number of aliphatic hydroxyl groups is 1. The first-order chi connectivity index (χ1) is 6.54. The number of likely N-dealkylation sites (N-methyl/N-ethyl adjacent to an activating group) is 1. The molecule has 1 N–H and O–H groups in total.